The zero-order valence-electron chi connectivity index (χ0n) is 17.1. The van der Waals surface area contributed by atoms with E-state index in [2.05, 4.69) is 41.7 Å². The van der Waals surface area contributed by atoms with E-state index in [9.17, 15) is 4.79 Å². The molecule has 152 valence electrons. The van der Waals surface area contributed by atoms with Crippen molar-refractivity contribution in [2.24, 2.45) is 0 Å². The van der Waals surface area contributed by atoms with Crippen LogP contribution in [0.3, 0.4) is 0 Å². The van der Waals surface area contributed by atoms with Gasteiger partial charge in [-0.3, -0.25) is 4.79 Å². The number of hydrogen-bond donors (Lipinski definition) is 1. The molecular weight excluding hydrogens is 380 g/mol. The molecule has 0 radical (unpaired) electrons. The Morgan fingerprint density at radius 2 is 2.00 bits per heavy atom. The highest BCUT2D eigenvalue weighted by Crippen LogP contribution is 2.37. The van der Waals surface area contributed by atoms with Crippen LogP contribution >= 0.6 is 0 Å². The molecule has 2 aromatic heterocycles. The molecule has 0 aliphatic heterocycles. The summed E-state index contributed by atoms with van der Waals surface area (Å²) in [5.74, 6) is 0.730. The van der Waals surface area contributed by atoms with Crippen LogP contribution in [0.2, 0.25) is 0 Å². The number of aryl methyl sites for hydroxylation is 1. The van der Waals surface area contributed by atoms with Gasteiger partial charge in [0.05, 0.1) is 12.9 Å². The summed E-state index contributed by atoms with van der Waals surface area (Å²) in [6, 6.07) is 13.8. The van der Waals surface area contributed by atoms with E-state index in [1.54, 1.807) is 12.3 Å². The van der Waals surface area contributed by atoms with Gasteiger partial charge in [0.15, 0.2) is 5.82 Å². The normalized spacial score (nSPS) is 11.6. The average molecular weight is 402 g/mol. The third-order valence-electron chi connectivity index (χ3n) is 4.80. The Hall–Kier alpha value is -3.80. The molecule has 0 spiro atoms. The number of benzene rings is 2. The van der Waals surface area contributed by atoms with Gasteiger partial charge in [0.2, 0.25) is 5.91 Å². The van der Waals surface area contributed by atoms with Gasteiger partial charge < -0.3 is 19.0 Å². The lowest BCUT2D eigenvalue weighted by Gasteiger charge is -2.11. The van der Waals surface area contributed by atoms with Crippen LogP contribution in [0.25, 0.3) is 27.7 Å². The topological polar surface area (TPSA) is 77.5 Å². The predicted octanol–water partition coefficient (Wildman–Crippen LogP) is 5.84. The van der Waals surface area contributed by atoms with Gasteiger partial charge in [0, 0.05) is 34.7 Å². The number of aromatic nitrogens is 1. The third kappa shape index (κ3) is 3.98. The van der Waals surface area contributed by atoms with Crippen LogP contribution in [0.1, 0.15) is 25.0 Å². The molecule has 30 heavy (non-hydrogen) atoms. The fourth-order valence-electron chi connectivity index (χ4n) is 3.31. The van der Waals surface area contributed by atoms with Crippen molar-refractivity contribution in [2.45, 2.75) is 20.8 Å². The minimum atomic E-state index is -0.296. The molecule has 0 saturated heterocycles. The molecule has 0 unspecified atom stereocenters. The summed E-state index contributed by atoms with van der Waals surface area (Å²) in [6.07, 6.45) is 4.67. The van der Waals surface area contributed by atoms with E-state index < -0.39 is 0 Å². The van der Waals surface area contributed by atoms with Crippen molar-refractivity contribution in [1.29, 1.82) is 0 Å². The van der Waals surface area contributed by atoms with Crippen molar-refractivity contribution in [3.8, 4) is 16.9 Å². The molecule has 2 aromatic carbocycles. The molecule has 6 nitrogen and oxygen atoms in total. The second-order valence-electron chi connectivity index (χ2n) is 6.99. The zero-order chi connectivity index (χ0) is 21.1. The molecule has 4 rings (SSSR count). The monoisotopic (exact) mass is 402 g/mol. The minimum absolute atomic E-state index is 0.296. The zero-order valence-corrected chi connectivity index (χ0v) is 17.1. The number of allylic oxidation sites excluding steroid dienone is 1. The summed E-state index contributed by atoms with van der Waals surface area (Å²) in [4.78, 5) is 12.4. The maximum absolute atomic E-state index is 12.4. The number of hydrogen-bond acceptors (Lipinski definition) is 5. The summed E-state index contributed by atoms with van der Waals surface area (Å²) in [7, 11) is 0. The van der Waals surface area contributed by atoms with Crippen molar-refractivity contribution in [1.82, 2.24) is 5.16 Å². The molecule has 1 amide bonds. The molecule has 0 aliphatic rings. The van der Waals surface area contributed by atoms with Gasteiger partial charge in [-0.05, 0) is 38.0 Å². The molecule has 0 atom stereocenters. The van der Waals surface area contributed by atoms with Gasteiger partial charge in [0.25, 0.3) is 0 Å². The molecule has 0 aliphatic carbocycles. The smallest absolute Gasteiger partial charge is 0.249 e. The summed E-state index contributed by atoms with van der Waals surface area (Å²) in [5.41, 5.74) is 5.58. The Labute approximate surface area is 174 Å². The molecular formula is C24H22N2O4. The fraction of sp³-hybridized carbons (Fsp3) is 0.167. The Morgan fingerprint density at radius 3 is 2.70 bits per heavy atom. The average Bonchev–Trinajstić information content (AvgIpc) is 3.37. The van der Waals surface area contributed by atoms with Crippen LogP contribution < -0.4 is 10.1 Å². The lowest BCUT2D eigenvalue weighted by Crippen LogP contribution is -2.09. The number of nitrogens with zero attached hydrogens (tertiary/aromatic N) is 1. The van der Waals surface area contributed by atoms with Crippen LogP contribution in [0.4, 0.5) is 5.82 Å². The molecule has 0 bridgehead atoms. The molecule has 4 aromatic rings. The van der Waals surface area contributed by atoms with Gasteiger partial charge in [-0.15, -0.1) is 0 Å². The maximum Gasteiger partial charge on any atom is 0.249 e. The van der Waals surface area contributed by atoms with Crippen molar-refractivity contribution < 1.29 is 18.5 Å². The number of furan rings is 1. The quantitative estimate of drug-likeness (QED) is 0.410. The van der Waals surface area contributed by atoms with Crippen LogP contribution in [0, 0.1) is 6.92 Å². The van der Waals surface area contributed by atoms with Crippen molar-refractivity contribution in [2.75, 3.05) is 11.9 Å². The van der Waals surface area contributed by atoms with Crippen molar-refractivity contribution in [3.05, 3.63) is 72.2 Å². The Kier molecular flexibility index (Phi) is 5.39. The Morgan fingerprint density at radius 1 is 1.20 bits per heavy atom. The van der Waals surface area contributed by atoms with Crippen LogP contribution in [0.5, 0.6) is 5.75 Å². The number of ether oxygens (including phenoxy) is 1. The summed E-state index contributed by atoms with van der Waals surface area (Å²) in [5, 5.41) is 7.32. The molecule has 1 N–H and O–H groups in total. The Bertz CT molecular complexity index is 1200. The number of rotatable bonds is 6. The molecule has 0 saturated carbocycles. The summed E-state index contributed by atoms with van der Waals surface area (Å²) in [6.45, 7) is 6.35. The van der Waals surface area contributed by atoms with E-state index in [1.165, 1.54) is 17.9 Å². The van der Waals surface area contributed by atoms with Crippen LogP contribution in [-0.4, -0.2) is 17.7 Å². The first-order valence-electron chi connectivity index (χ1n) is 9.70. The molecule has 6 heteroatoms. The van der Waals surface area contributed by atoms with Gasteiger partial charge >= 0.3 is 0 Å². The van der Waals surface area contributed by atoms with Crippen molar-refractivity contribution in [3.63, 3.8) is 0 Å². The second kappa shape index (κ2) is 8.29. The first-order chi connectivity index (χ1) is 14.5. The minimum Gasteiger partial charge on any atom is -0.493 e. The van der Waals surface area contributed by atoms with E-state index >= 15 is 0 Å². The number of carbonyl (C=O) groups excluding carboxylic acids is 1. The number of anilines is 1. The van der Waals surface area contributed by atoms with E-state index in [-0.39, 0.29) is 5.91 Å². The largest absolute Gasteiger partial charge is 0.493 e. The van der Waals surface area contributed by atoms with E-state index in [4.69, 9.17) is 13.7 Å². The third-order valence-corrected chi connectivity index (χ3v) is 4.80. The highest BCUT2D eigenvalue weighted by atomic mass is 16.5. The number of carbonyl (C=O) groups is 1. The van der Waals surface area contributed by atoms with Crippen LogP contribution in [-0.2, 0) is 4.79 Å². The maximum atomic E-state index is 12.4. The van der Waals surface area contributed by atoms with E-state index in [0.717, 1.165) is 33.2 Å². The molecule has 2 heterocycles. The predicted molar refractivity (Wildman–Crippen MR) is 116 cm³/mol. The lowest BCUT2D eigenvalue weighted by molar-refractivity contribution is -0.111. The number of nitrogens with one attached hydrogen (secondary N) is 1. The molecule has 0 fully saturated rings. The fourth-order valence-corrected chi connectivity index (χ4v) is 3.31. The lowest BCUT2D eigenvalue weighted by atomic mass is 9.99. The summed E-state index contributed by atoms with van der Waals surface area (Å²) >= 11 is 0. The Balaban J connectivity index is 1.75. The first-order valence-corrected chi connectivity index (χ1v) is 9.70. The van der Waals surface area contributed by atoms with Gasteiger partial charge in [-0.2, -0.15) is 0 Å². The highest BCUT2D eigenvalue weighted by molar-refractivity contribution is 6.05. The van der Waals surface area contributed by atoms with Gasteiger partial charge in [-0.25, -0.2) is 0 Å². The van der Waals surface area contributed by atoms with Crippen LogP contribution in [0.15, 0.2) is 70.0 Å². The number of fused-ring (bicyclic) bond motifs is 1. The standard InChI is InChI=1S/C24H22N2O4/c1-4-28-21-13-22-19(20(14-29-22)17-7-5-15(2)6-8-17)12-18(21)16(3)11-24(27)25-23-9-10-30-26-23/h5-14H,4H2,1-3H3,(H,25,26,27)/b16-11+. The highest BCUT2D eigenvalue weighted by Gasteiger charge is 2.15. The van der Waals surface area contributed by atoms with Crippen molar-refractivity contribution >= 4 is 28.3 Å². The second-order valence-corrected chi connectivity index (χ2v) is 6.99. The summed E-state index contributed by atoms with van der Waals surface area (Å²) < 4.78 is 16.4. The SMILES string of the molecule is CCOc1cc2occ(-c3ccc(C)cc3)c2cc1/C(C)=C/C(=O)Nc1ccon1. The van der Waals surface area contributed by atoms with E-state index in [1.807, 2.05) is 26.0 Å². The van der Waals surface area contributed by atoms with Gasteiger partial charge in [-0.1, -0.05) is 35.0 Å². The number of amides is 1. The van der Waals surface area contributed by atoms with Gasteiger partial charge in [0.1, 0.15) is 17.6 Å². The van der Waals surface area contributed by atoms with E-state index in [0.29, 0.717) is 18.2 Å². The first kappa shape index (κ1) is 19.5.